The van der Waals surface area contributed by atoms with Crippen LogP contribution in [0.4, 0.5) is 5.69 Å². The predicted octanol–water partition coefficient (Wildman–Crippen LogP) is 2.35. The number of ether oxygens (including phenoxy) is 1. The summed E-state index contributed by atoms with van der Waals surface area (Å²) in [6, 6.07) is 11.1. The lowest BCUT2D eigenvalue weighted by atomic mass is 10.0. The van der Waals surface area contributed by atoms with Gasteiger partial charge in [0.05, 0.1) is 10.5 Å². The highest BCUT2D eigenvalue weighted by Crippen LogP contribution is 2.18. The van der Waals surface area contributed by atoms with E-state index in [0.717, 1.165) is 15.4 Å². The molecule has 27 heavy (non-hydrogen) atoms. The Kier molecular flexibility index (Phi) is 6.35. The van der Waals surface area contributed by atoms with Crippen LogP contribution in [0, 0.1) is 13.8 Å². The standard InChI is InChI=1S/C19H22N2O5S/c1-13-7-5-10-17(14(13)2)19(23)26-12-18(22)20-15-8-6-9-16(11-15)27(24,25)21(3)4/h5-11H,12H2,1-4H3,(H,20,22). The maximum atomic E-state index is 12.1. The van der Waals surface area contributed by atoms with Crippen molar-refractivity contribution in [3.05, 3.63) is 59.2 Å². The highest BCUT2D eigenvalue weighted by atomic mass is 32.2. The fourth-order valence-electron chi connectivity index (χ4n) is 2.32. The molecule has 0 spiro atoms. The lowest BCUT2D eigenvalue weighted by molar-refractivity contribution is -0.119. The van der Waals surface area contributed by atoms with Crippen LogP contribution in [0.15, 0.2) is 47.4 Å². The fraction of sp³-hybridized carbons (Fsp3) is 0.263. The molecule has 2 aromatic rings. The van der Waals surface area contributed by atoms with Gasteiger partial charge in [-0.15, -0.1) is 0 Å². The largest absolute Gasteiger partial charge is 0.452 e. The second-order valence-electron chi connectivity index (χ2n) is 6.19. The average Bonchev–Trinajstić information content (AvgIpc) is 2.62. The third kappa shape index (κ3) is 4.93. The van der Waals surface area contributed by atoms with Crippen LogP contribution in [-0.4, -0.2) is 45.3 Å². The number of rotatable bonds is 6. The number of hydrogen-bond donors (Lipinski definition) is 1. The van der Waals surface area contributed by atoms with Crippen LogP contribution < -0.4 is 5.32 Å². The van der Waals surface area contributed by atoms with E-state index in [4.69, 9.17) is 4.74 Å². The number of sulfonamides is 1. The number of aryl methyl sites for hydroxylation is 1. The zero-order valence-corrected chi connectivity index (χ0v) is 16.5. The van der Waals surface area contributed by atoms with Gasteiger partial charge in [-0.1, -0.05) is 18.2 Å². The zero-order chi connectivity index (χ0) is 20.2. The Morgan fingerprint density at radius 1 is 1.07 bits per heavy atom. The Balaban J connectivity index is 2.02. The summed E-state index contributed by atoms with van der Waals surface area (Å²) in [6.45, 7) is 3.22. The lowest BCUT2D eigenvalue weighted by Crippen LogP contribution is -2.23. The third-order valence-corrected chi connectivity index (χ3v) is 5.87. The first-order valence-electron chi connectivity index (χ1n) is 8.18. The van der Waals surface area contributed by atoms with E-state index in [9.17, 15) is 18.0 Å². The van der Waals surface area contributed by atoms with Crippen molar-refractivity contribution in [1.82, 2.24) is 4.31 Å². The fourth-order valence-corrected chi connectivity index (χ4v) is 3.27. The van der Waals surface area contributed by atoms with Gasteiger partial charge in [0.15, 0.2) is 6.61 Å². The summed E-state index contributed by atoms with van der Waals surface area (Å²) in [4.78, 5) is 24.2. The maximum absolute atomic E-state index is 12.1. The van der Waals surface area contributed by atoms with E-state index in [1.807, 2.05) is 19.9 Å². The second-order valence-corrected chi connectivity index (χ2v) is 8.34. The van der Waals surface area contributed by atoms with E-state index in [1.165, 1.54) is 32.3 Å². The van der Waals surface area contributed by atoms with E-state index in [1.54, 1.807) is 18.2 Å². The van der Waals surface area contributed by atoms with Gasteiger partial charge in [0.25, 0.3) is 5.91 Å². The number of benzene rings is 2. The van der Waals surface area contributed by atoms with Crippen molar-refractivity contribution in [3.63, 3.8) is 0 Å². The molecule has 7 nitrogen and oxygen atoms in total. The van der Waals surface area contributed by atoms with E-state index >= 15 is 0 Å². The smallest absolute Gasteiger partial charge is 0.338 e. The Labute approximate surface area is 159 Å². The number of nitrogens with zero attached hydrogens (tertiary/aromatic N) is 1. The minimum absolute atomic E-state index is 0.0534. The summed E-state index contributed by atoms with van der Waals surface area (Å²) >= 11 is 0. The Morgan fingerprint density at radius 2 is 1.74 bits per heavy atom. The minimum atomic E-state index is -3.61. The van der Waals surface area contributed by atoms with Crippen molar-refractivity contribution in [2.45, 2.75) is 18.7 Å². The summed E-state index contributed by atoms with van der Waals surface area (Å²) < 4.78 is 30.4. The number of nitrogens with one attached hydrogen (secondary N) is 1. The molecule has 0 unspecified atom stereocenters. The first-order chi connectivity index (χ1) is 12.6. The van der Waals surface area contributed by atoms with E-state index in [0.29, 0.717) is 11.3 Å². The average molecular weight is 390 g/mol. The predicted molar refractivity (Wildman–Crippen MR) is 102 cm³/mol. The monoisotopic (exact) mass is 390 g/mol. The molecule has 0 radical (unpaired) electrons. The molecule has 0 saturated carbocycles. The molecule has 1 amide bonds. The summed E-state index contributed by atoms with van der Waals surface area (Å²) in [6.07, 6.45) is 0. The normalized spacial score (nSPS) is 11.3. The van der Waals surface area contributed by atoms with Crippen molar-refractivity contribution < 1.29 is 22.7 Å². The Bertz CT molecular complexity index is 968. The van der Waals surface area contributed by atoms with Crippen molar-refractivity contribution in [1.29, 1.82) is 0 Å². The molecule has 0 aliphatic rings. The van der Waals surface area contributed by atoms with Gasteiger partial charge in [-0.05, 0) is 49.2 Å². The summed E-state index contributed by atoms with van der Waals surface area (Å²) in [7, 11) is -0.761. The number of carbonyl (C=O) groups excluding carboxylic acids is 2. The maximum Gasteiger partial charge on any atom is 0.338 e. The first kappa shape index (κ1) is 20.6. The molecule has 0 fully saturated rings. The SMILES string of the molecule is Cc1cccc(C(=O)OCC(=O)Nc2cccc(S(=O)(=O)N(C)C)c2)c1C. The van der Waals surface area contributed by atoms with Gasteiger partial charge in [0.1, 0.15) is 0 Å². The first-order valence-corrected chi connectivity index (χ1v) is 9.62. The molecule has 144 valence electrons. The van der Waals surface area contributed by atoms with Crippen molar-refractivity contribution >= 4 is 27.6 Å². The van der Waals surface area contributed by atoms with Gasteiger partial charge in [0, 0.05) is 19.8 Å². The Hall–Kier alpha value is -2.71. The van der Waals surface area contributed by atoms with Crippen molar-refractivity contribution in [2.75, 3.05) is 26.0 Å². The molecule has 2 rings (SSSR count). The summed E-state index contributed by atoms with van der Waals surface area (Å²) in [5.41, 5.74) is 2.45. The highest BCUT2D eigenvalue weighted by Gasteiger charge is 2.18. The molecule has 0 aromatic heterocycles. The van der Waals surface area contributed by atoms with Crippen molar-refractivity contribution in [2.24, 2.45) is 0 Å². The molecule has 0 atom stereocenters. The quantitative estimate of drug-likeness (QED) is 0.765. The van der Waals surface area contributed by atoms with Gasteiger partial charge in [0.2, 0.25) is 10.0 Å². The van der Waals surface area contributed by atoms with Gasteiger partial charge < -0.3 is 10.1 Å². The molecule has 0 aliphatic carbocycles. The van der Waals surface area contributed by atoms with Crippen LogP contribution >= 0.6 is 0 Å². The van der Waals surface area contributed by atoms with E-state index in [-0.39, 0.29) is 4.90 Å². The zero-order valence-electron chi connectivity index (χ0n) is 15.6. The third-order valence-electron chi connectivity index (χ3n) is 4.06. The van der Waals surface area contributed by atoms with Crippen LogP contribution in [0.2, 0.25) is 0 Å². The van der Waals surface area contributed by atoms with E-state index < -0.39 is 28.5 Å². The molecule has 1 N–H and O–H groups in total. The molecule has 0 heterocycles. The molecule has 0 bridgehead atoms. The number of esters is 1. The number of carbonyl (C=O) groups is 2. The van der Waals surface area contributed by atoms with Gasteiger partial charge in [-0.3, -0.25) is 4.79 Å². The van der Waals surface area contributed by atoms with Crippen LogP contribution in [0.25, 0.3) is 0 Å². The highest BCUT2D eigenvalue weighted by molar-refractivity contribution is 7.89. The topological polar surface area (TPSA) is 92.8 Å². The number of amides is 1. The van der Waals surface area contributed by atoms with Crippen molar-refractivity contribution in [3.8, 4) is 0 Å². The molecular formula is C19H22N2O5S. The molecule has 2 aromatic carbocycles. The molecular weight excluding hydrogens is 368 g/mol. The number of hydrogen-bond acceptors (Lipinski definition) is 5. The van der Waals surface area contributed by atoms with Crippen LogP contribution in [-0.2, 0) is 19.6 Å². The molecule has 0 aliphatic heterocycles. The van der Waals surface area contributed by atoms with Crippen LogP contribution in [0.3, 0.4) is 0 Å². The van der Waals surface area contributed by atoms with Gasteiger partial charge in [-0.25, -0.2) is 17.5 Å². The van der Waals surface area contributed by atoms with Crippen LogP contribution in [0.5, 0.6) is 0 Å². The minimum Gasteiger partial charge on any atom is -0.452 e. The van der Waals surface area contributed by atoms with Gasteiger partial charge in [-0.2, -0.15) is 0 Å². The Morgan fingerprint density at radius 3 is 2.41 bits per heavy atom. The number of anilines is 1. The van der Waals surface area contributed by atoms with Gasteiger partial charge >= 0.3 is 5.97 Å². The second kappa shape index (κ2) is 8.32. The summed E-state index contributed by atoms with van der Waals surface area (Å²) in [5, 5.41) is 2.53. The molecule has 8 heteroatoms. The van der Waals surface area contributed by atoms with E-state index in [2.05, 4.69) is 5.32 Å². The molecule has 0 saturated heterocycles. The summed E-state index contributed by atoms with van der Waals surface area (Å²) in [5.74, 6) is -1.15. The lowest BCUT2D eigenvalue weighted by Gasteiger charge is -2.13. The van der Waals surface area contributed by atoms with Crippen LogP contribution in [0.1, 0.15) is 21.5 Å².